The number of para-hydroxylation sites is 1. The van der Waals surface area contributed by atoms with Crippen molar-refractivity contribution in [2.24, 2.45) is 5.92 Å². The minimum Gasteiger partial charge on any atom is -0.340 e. The van der Waals surface area contributed by atoms with Crippen LogP contribution < -0.4 is 5.32 Å². The monoisotopic (exact) mass is 448 g/mol. The Balaban J connectivity index is 1.50. The molecule has 2 heterocycles. The van der Waals surface area contributed by atoms with E-state index in [-0.39, 0.29) is 11.8 Å². The van der Waals surface area contributed by atoms with Crippen LogP contribution in [0.5, 0.6) is 0 Å². The number of benzene rings is 3. The van der Waals surface area contributed by atoms with Crippen molar-refractivity contribution in [2.45, 2.75) is 19.9 Å². The van der Waals surface area contributed by atoms with Gasteiger partial charge in [0, 0.05) is 16.5 Å². The maximum absolute atomic E-state index is 13.6. The standard InChI is InChI=1S/C28H24N4O2/c1-18(2)25(28-31-26(32-34-28)20-13-7-4-8-14-20)30-27(33)22-17-24(19-11-5-3-6-12-19)29-23-16-10-9-15-21(22)23/h3-18,25H,1-2H3,(H,30,33)/t25-/m1/s1. The lowest BCUT2D eigenvalue weighted by Gasteiger charge is -2.19. The molecule has 0 fully saturated rings. The molecule has 0 unspecified atom stereocenters. The fourth-order valence-electron chi connectivity index (χ4n) is 3.92. The number of hydrogen-bond acceptors (Lipinski definition) is 5. The zero-order valence-corrected chi connectivity index (χ0v) is 19.0. The van der Waals surface area contributed by atoms with Gasteiger partial charge in [0.1, 0.15) is 6.04 Å². The molecular formula is C28H24N4O2. The molecule has 5 aromatic rings. The van der Waals surface area contributed by atoms with Crippen LogP contribution in [0, 0.1) is 5.92 Å². The minimum atomic E-state index is -0.440. The van der Waals surface area contributed by atoms with Crippen molar-refractivity contribution in [3.05, 3.63) is 102 Å². The molecule has 0 bridgehead atoms. The number of pyridine rings is 1. The molecule has 3 aromatic carbocycles. The summed E-state index contributed by atoms with van der Waals surface area (Å²) in [7, 11) is 0. The van der Waals surface area contributed by atoms with Gasteiger partial charge in [-0.15, -0.1) is 0 Å². The molecule has 0 saturated heterocycles. The molecule has 0 aliphatic carbocycles. The number of carbonyl (C=O) groups excluding carboxylic acids is 1. The van der Waals surface area contributed by atoms with Gasteiger partial charge in [0.15, 0.2) is 0 Å². The summed E-state index contributed by atoms with van der Waals surface area (Å²) in [6.07, 6.45) is 0. The minimum absolute atomic E-state index is 0.0368. The van der Waals surface area contributed by atoms with Gasteiger partial charge in [-0.3, -0.25) is 4.79 Å². The summed E-state index contributed by atoms with van der Waals surface area (Å²) in [5, 5.41) is 8.04. The zero-order chi connectivity index (χ0) is 23.5. The SMILES string of the molecule is CC(C)[C@@H](NC(=O)c1cc(-c2ccccc2)nc2ccccc12)c1nc(-c2ccccc2)no1. The molecule has 0 radical (unpaired) electrons. The van der Waals surface area contributed by atoms with E-state index in [1.54, 1.807) is 0 Å². The van der Waals surface area contributed by atoms with Gasteiger partial charge in [-0.2, -0.15) is 4.98 Å². The van der Waals surface area contributed by atoms with Gasteiger partial charge >= 0.3 is 0 Å². The number of hydrogen-bond donors (Lipinski definition) is 1. The number of amides is 1. The number of nitrogens with zero attached hydrogens (tertiary/aromatic N) is 3. The lowest BCUT2D eigenvalue weighted by Crippen LogP contribution is -2.32. The van der Waals surface area contributed by atoms with E-state index in [1.165, 1.54) is 0 Å². The van der Waals surface area contributed by atoms with Crippen LogP contribution in [0.4, 0.5) is 0 Å². The van der Waals surface area contributed by atoms with Crippen LogP contribution in [-0.2, 0) is 0 Å². The third-order valence-corrected chi connectivity index (χ3v) is 5.72. The van der Waals surface area contributed by atoms with E-state index >= 15 is 0 Å². The Morgan fingerprint density at radius 1 is 0.824 bits per heavy atom. The number of nitrogens with one attached hydrogen (secondary N) is 1. The van der Waals surface area contributed by atoms with Crippen molar-refractivity contribution in [3.8, 4) is 22.6 Å². The van der Waals surface area contributed by atoms with Gasteiger partial charge in [-0.1, -0.05) is 97.9 Å². The lowest BCUT2D eigenvalue weighted by atomic mass is 10.0. The van der Waals surface area contributed by atoms with Crippen LogP contribution in [0.3, 0.4) is 0 Å². The molecule has 2 aromatic heterocycles. The van der Waals surface area contributed by atoms with E-state index in [9.17, 15) is 4.79 Å². The predicted molar refractivity (Wildman–Crippen MR) is 132 cm³/mol. The van der Waals surface area contributed by atoms with E-state index in [4.69, 9.17) is 9.51 Å². The highest BCUT2D eigenvalue weighted by Crippen LogP contribution is 2.27. The van der Waals surface area contributed by atoms with Crippen LogP contribution in [0.1, 0.15) is 36.1 Å². The van der Waals surface area contributed by atoms with Crippen molar-refractivity contribution in [2.75, 3.05) is 0 Å². The molecule has 1 atom stereocenters. The summed E-state index contributed by atoms with van der Waals surface area (Å²) in [5.74, 6) is 0.698. The Labute approximate surface area is 197 Å². The topological polar surface area (TPSA) is 80.9 Å². The molecular weight excluding hydrogens is 424 g/mol. The van der Waals surface area contributed by atoms with Gasteiger partial charge < -0.3 is 9.84 Å². The van der Waals surface area contributed by atoms with Crippen LogP contribution in [0.15, 0.2) is 95.5 Å². The summed E-state index contributed by atoms with van der Waals surface area (Å²) < 4.78 is 5.57. The number of rotatable bonds is 6. The van der Waals surface area contributed by atoms with Crippen LogP contribution >= 0.6 is 0 Å². The Morgan fingerprint density at radius 3 is 2.18 bits per heavy atom. The van der Waals surface area contributed by atoms with Crippen molar-refractivity contribution in [1.82, 2.24) is 20.4 Å². The van der Waals surface area contributed by atoms with E-state index in [0.29, 0.717) is 17.3 Å². The van der Waals surface area contributed by atoms with Crippen LogP contribution in [0.2, 0.25) is 0 Å². The quantitative estimate of drug-likeness (QED) is 0.340. The average Bonchev–Trinajstić information content (AvgIpc) is 3.37. The van der Waals surface area contributed by atoms with Crippen molar-refractivity contribution >= 4 is 16.8 Å². The molecule has 0 saturated carbocycles. The first-order chi connectivity index (χ1) is 16.6. The molecule has 0 spiro atoms. The molecule has 1 N–H and O–H groups in total. The summed E-state index contributed by atoms with van der Waals surface area (Å²) in [5.41, 5.74) is 3.87. The molecule has 6 nitrogen and oxygen atoms in total. The molecule has 34 heavy (non-hydrogen) atoms. The summed E-state index contributed by atoms with van der Waals surface area (Å²) in [4.78, 5) is 22.9. The Kier molecular flexibility index (Phi) is 5.87. The Hall–Kier alpha value is -4.32. The fraction of sp³-hybridized carbons (Fsp3) is 0.143. The number of carbonyl (C=O) groups is 1. The average molecular weight is 449 g/mol. The number of aromatic nitrogens is 3. The largest absolute Gasteiger partial charge is 0.340 e. The first-order valence-electron chi connectivity index (χ1n) is 11.3. The first-order valence-corrected chi connectivity index (χ1v) is 11.3. The number of fused-ring (bicyclic) bond motifs is 1. The Morgan fingerprint density at radius 2 is 1.47 bits per heavy atom. The van der Waals surface area contributed by atoms with Crippen LogP contribution in [-0.4, -0.2) is 21.0 Å². The maximum atomic E-state index is 13.6. The highest BCUT2D eigenvalue weighted by molar-refractivity contribution is 6.07. The third kappa shape index (κ3) is 4.30. The van der Waals surface area contributed by atoms with Gasteiger partial charge in [-0.25, -0.2) is 4.98 Å². The molecule has 1 amide bonds. The van der Waals surface area contributed by atoms with E-state index in [1.807, 2.05) is 105 Å². The summed E-state index contributed by atoms with van der Waals surface area (Å²) in [6.45, 7) is 4.02. The van der Waals surface area contributed by atoms with Crippen LogP contribution in [0.25, 0.3) is 33.5 Å². The highest BCUT2D eigenvalue weighted by Gasteiger charge is 2.26. The lowest BCUT2D eigenvalue weighted by molar-refractivity contribution is 0.0915. The smallest absolute Gasteiger partial charge is 0.252 e. The van der Waals surface area contributed by atoms with Gasteiger partial charge in [0.2, 0.25) is 11.7 Å². The van der Waals surface area contributed by atoms with E-state index in [2.05, 4.69) is 15.5 Å². The molecule has 0 aliphatic heterocycles. The fourth-order valence-corrected chi connectivity index (χ4v) is 3.92. The van der Waals surface area contributed by atoms with Crippen molar-refractivity contribution in [3.63, 3.8) is 0 Å². The second-order valence-corrected chi connectivity index (χ2v) is 8.46. The predicted octanol–water partition coefficient (Wildman–Crippen LogP) is 6.08. The molecule has 6 heteroatoms. The zero-order valence-electron chi connectivity index (χ0n) is 19.0. The summed E-state index contributed by atoms with van der Waals surface area (Å²) >= 11 is 0. The molecule has 168 valence electrons. The second kappa shape index (κ2) is 9.27. The molecule has 0 aliphatic rings. The molecule has 5 rings (SSSR count). The Bertz CT molecular complexity index is 1430. The van der Waals surface area contributed by atoms with Gasteiger partial charge in [0.25, 0.3) is 5.91 Å². The van der Waals surface area contributed by atoms with E-state index in [0.717, 1.165) is 27.7 Å². The van der Waals surface area contributed by atoms with Crippen molar-refractivity contribution < 1.29 is 9.32 Å². The summed E-state index contributed by atoms with van der Waals surface area (Å²) in [6, 6.07) is 28.5. The second-order valence-electron chi connectivity index (χ2n) is 8.46. The van der Waals surface area contributed by atoms with Gasteiger partial charge in [0.05, 0.1) is 16.8 Å². The highest BCUT2D eigenvalue weighted by atomic mass is 16.5. The third-order valence-electron chi connectivity index (χ3n) is 5.72. The van der Waals surface area contributed by atoms with Gasteiger partial charge in [-0.05, 0) is 18.1 Å². The maximum Gasteiger partial charge on any atom is 0.252 e. The van der Waals surface area contributed by atoms with Crippen molar-refractivity contribution in [1.29, 1.82) is 0 Å². The van der Waals surface area contributed by atoms with E-state index < -0.39 is 6.04 Å². The first kappa shape index (κ1) is 21.5. The normalized spacial score (nSPS) is 12.1.